The van der Waals surface area contributed by atoms with Crippen molar-refractivity contribution in [2.75, 3.05) is 41.6 Å². The molecule has 0 aromatic heterocycles. The summed E-state index contributed by atoms with van der Waals surface area (Å²) in [4.78, 5) is 0. The van der Waals surface area contributed by atoms with Gasteiger partial charge in [-0.25, -0.2) is 0 Å². The van der Waals surface area contributed by atoms with E-state index < -0.39 is 52.3 Å². The van der Waals surface area contributed by atoms with Crippen LogP contribution in [0, 0.1) is 0 Å². The maximum Gasteiger partial charge on any atom is 0.114 e. The van der Waals surface area contributed by atoms with Crippen molar-refractivity contribution in [1.29, 1.82) is 0 Å². The number of aliphatic hydroxyl groups excluding tert-OH is 2. The van der Waals surface area contributed by atoms with Gasteiger partial charge in [0.1, 0.15) is 24.4 Å². The van der Waals surface area contributed by atoms with Crippen LogP contribution >= 0.6 is 0 Å². The van der Waals surface area contributed by atoms with E-state index in [9.17, 15) is 10.2 Å². The summed E-state index contributed by atoms with van der Waals surface area (Å²) in [5.74, 6) is 0. The second-order valence-electron chi connectivity index (χ2n) is 3.09. The van der Waals surface area contributed by atoms with E-state index in [-0.39, 0.29) is 13.7 Å². The lowest BCUT2D eigenvalue weighted by atomic mass is 10.0. The van der Waals surface area contributed by atoms with Gasteiger partial charge in [-0.05, 0) is 0 Å². The summed E-state index contributed by atoms with van der Waals surface area (Å²) in [7, 11) is -1.72. The van der Waals surface area contributed by atoms with Crippen molar-refractivity contribution in [2.45, 2.75) is 24.4 Å². The van der Waals surface area contributed by atoms with Gasteiger partial charge in [-0.15, -0.1) is 0 Å². The van der Waals surface area contributed by atoms with E-state index in [1.54, 1.807) is 0 Å². The van der Waals surface area contributed by atoms with Gasteiger partial charge < -0.3 is 29.2 Å². The van der Waals surface area contributed by atoms with Crippen molar-refractivity contribution in [3.05, 3.63) is 0 Å². The van der Waals surface area contributed by atoms with Gasteiger partial charge in [0.25, 0.3) is 0 Å². The lowest BCUT2D eigenvalue weighted by Crippen LogP contribution is -2.50. The molecule has 0 radical (unpaired) electrons. The zero-order valence-corrected chi connectivity index (χ0v) is 9.08. The Morgan fingerprint density at radius 2 is 1.75 bits per heavy atom. The van der Waals surface area contributed by atoms with E-state index in [1.807, 2.05) is 0 Å². The quantitative estimate of drug-likeness (QED) is 0.542. The lowest BCUT2D eigenvalue weighted by molar-refractivity contribution is -0.158. The maximum atomic E-state index is 9.94. The predicted octanol–water partition coefficient (Wildman–Crippen LogP) is -0.969. The molecule has 6 nitrogen and oxygen atoms in total. The minimum absolute atomic E-state index is 0.217. The van der Waals surface area contributed by atoms with Crippen LogP contribution in [0.5, 0.6) is 0 Å². The van der Waals surface area contributed by atoms with E-state index >= 15 is 0 Å². The van der Waals surface area contributed by atoms with Crippen molar-refractivity contribution in [3.8, 4) is 0 Å². The van der Waals surface area contributed by atoms with Crippen molar-refractivity contribution >= 4 is 0 Å². The van der Waals surface area contributed by atoms with Crippen LogP contribution in [0.2, 0.25) is 0 Å². The molecule has 0 aliphatic rings. The first-order valence-corrected chi connectivity index (χ1v) is 4.54. The van der Waals surface area contributed by atoms with Gasteiger partial charge in [0.05, 0.1) is 18.7 Å². The lowest BCUT2D eigenvalue weighted by Gasteiger charge is -2.32. The Morgan fingerprint density at radius 3 is 2.31 bits per heavy atom. The van der Waals surface area contributed by atoms with E-state index in [4.69, 9.17) is 24.4 Å². The van der Waals surface area contributed by atoms with E-state index in [2.05, 4.69) is 0 Å². The third-order valence-electron chi connectivity index (χ3n) is 2.14. The Balaban J connectivity index is 4.89. The number of hydrogen-bond donors (Lipinski definition) is 2. The SMILES string of the molecule is [2H]COC[C@@H](O)[C@H](OC[2H])[C@H](OC[2H])[C@H](CO)OC[2H]. The third kappa shape index (κ3) is 4.32. The van der Waals surface area contributed by atoms with Gasteiger partial charge in [0, 0.05) is 28.3 Å². The molecule has 0 fully saturated rings. The molecule has 0 aliphatic heterocycles. The minimum Gasteiger partial charge on any atom is -0.394 e. The predicted molar refractivity (Wildman–Crippen MR) is 57.4 cm³/mol. The second-order valence-corrected chi connectivity index (χ2v) is 3.09. The van der Waals surface area contributed by atoms with Crippen LogP contribution in [-0.2, 0) is 18.9 Å². The Morgan fingerprint density at radius 1 is 1.06 bits per heavy atom. The van der Waals surface area contributed by atoms with Crippen LogP contribution in [0.4, 0.5) is 0 Å². The molecule has 16 heavy (non-hydrogen) atoms. The summed E-state index contributed by atoms with van der Waals surface area (Å²) in [6.45, 7) is -0.710. The fourth-order valence-corrected chi connectivity index (χ4v) is 1.31. The molecular formula is C10H22O6. The number of hydrogen-bond acceptors (Lipinski definition) is 6. The number of ether oxygens (including phenoxy) is 4. The fourth-order valence-electron chi connectivity index (χ4n) is 1.31. The molecule has 98 valence electrons. The van der Waals surface area contributed by atoms with Gasteiger partial charge in [-0.3, -0.25) is 0 Å². The molecule has 0 aromatic carbocycles. The zero-order chi connectivity index (χ0) is 15.4. The smallest absolute Gasteiger partial charge is 0.114 e. The van der Waals surface area contributed by atoms with Gasteiger partial charge >= 0.3 is 0 Å². The van der Waals surface area contributed by atoms with Crippen LogP contribution < -0.4 is 0 Å². The normalized spacial score (nSPS) is 22.4. The van der Waals surface area contributed by atoms with Gasteiger partial charge in [0.15, 0.2) is 0 Å². The molecule has 0 rings (SSSR count). The fraction of sp³-hybridized carbons (Fsp3) is 1.00. The molecule has 0 bridgehead atoms. The highest BCUT2D eigenvalue weighted by atomic mass is 16.6. The van der Waals surface area contributed by atoms with E-state index in [1.165, 1.54) is 0 Å². The van der Waals surface area contributed by atoms with Crippen LogP contribution in [0.25, 0.3) is 0 Å². The zero-order valence-electron chi connectivity index (χ0n) is 13.1. The molecule has 0 aliphatic carbocycles. The number of rotatable bonds is 9. The monoisotopic (exact) mass is 242 g/mol. The molecule has 0 heterocycles. The van der Waals surface area contributed by atoms with E-state index in [0.29, 0.717) is 0 Å². The first kappa shape index (κ1) is 9.76. The molecule has 0 unspecified atom stereocenters. The van der Waals surface area contributed by atoms with Gasteiger partial charge in [0.2, 0.25) is 0 Å². The Kier molecular flexibility index (Phi) is 5.40. The van der Waals surface area contributed by atoms with E-state index in [0.717, 1.165) is 0 Å². The van der Waals surface area contributed by atoms with Gasteiger partial charge in [-0.1, -0.05) is 0 Å². The van der Waals surface area contributed by atoms with Crippen molar-refractivity contribution in [2.24, 2.45) is 0 Å². The summed E-state index contributed by atoms with van der Waals surface area (Å²) in [6.07, 6.45) is -4.30. The summed E-state index contributed by atoms with van der Waals surface area (Å²) < 4.78 is 47.9. The van der Waals surface area contributed by atoms with Crippen molar-refractivity contribution < 1.29 is 34.6 Å². The van der Waals surface area contributed by atoms with Gasteiger partial charge in [-0.2, -0.15) is 0 Å². The second kappa shape index (κ2) is 8.86. The molecule has 0 amide bonds. The molecule has 0 aromatic rings. The topological polar surface area (TPSA) is 77.4 Å². The molecule has 4 atom stereocenters. The van der Waals surface area contributed by atoms with Crippen LogP contribution in [-0.4, -0.2) is 76.2 Å². The average Bonchev–Trinajstić information content (AvgIpc) is 2.46. The average molecular weight is 242 g/mol. The standard InChI is InChI=1S/C10H22O6/c1-13-6-7(12)9(15-3)10(16-4)8(5-11)14-2/h7-12H,5-6H2,1-4H3/t7-,8+,9+,10-/m1/s1/i1D,2D,3D,4D. The summed E-state index contributed by atoms with van der Waals surface area (Å²) in [5, 5.41) is 19.2. The minimum atomic E-state index is -1.22. The molecule has 0 saturated carbocycles. The molecule has 0 saturated heterocycles. The largest absolute Gasteiger partial charge is 0.394 e. The Bertz CT molecular complexity index is 226. The number of methoxy groups -OCH3 is 4. The molecule has 2 N–H and O–H groups in total. The van der Waals surface area contributed by atoms with Crippen LogP contribution in [0.3, 0.4) is 0 Å². The first-order chi connectivity index (χ1) is 9.65. The summed E-state index contributed by atoms with van der Waals surface area (Å²) in [6, 6.07) is 0. The molecule has 0 spiro atoms. The summed E-state index contributed by atoms with van der Waals surface area (Å²) >= 11 is 0. The van der Waals surface area contributed by atoms with Crippen LogP contribution in [0.15, 0.2) is 0 Å². The maximum absolute atomic E-state index is 9.94. The van der Waals surface area contributed by atoms with Crippen molar-refractivity contribution in [3.63, 3.8) is 0 Å². The highest BCUT2D eigenvalue weighted by Crippen LogP contribution is 2.14. The number of aliphatic hydroxyl groups is 2. The van der Waals surface area contributed by atoms with Crippen molar-refractivity contribution in [1.82, 2.24) is 0 Å². The molecule has 6 heteroatoms. The Hall–Kier alpha value is -0.240. The highest BCUT2D eigenvalue weighted by molar-refractivity contribution is 4.84. The Labute approximate surface area is 102 Å². The van der Waals surface area contributed by atoms with Crippen LogP contribution in [0.1, 0.15) is 5.48 Å². The first-order valence-electron chi connectivity index (χ1n) is 7.37. The summed E-state index contributed by atoms with van der Waals surface area (Å²) in [5.41, 5.74) is 0. The highest BCUT2D eigenvalue weighted by Gasteiger charge is 2.34. The third-order valence-corrected chi connectivity index (χ3v) is 2.14. The molecular weight excluding hydrogens is 216 g/mol.